The van der Waals surface area contributed by atoms with Crippen LogP contribution in [0, 0.1) is 0 Å². The fourth-order valence-electron chi connectivity index (χ4n) is 3.74. The zero-order valence-corrected chi connectivity index (χ0v) is 15.5. The number of carbonyl (C=O) groups excluding carboxylic acids is 1. The molecule has 0 radical (unpaired) electrons. The number of carbonyl (C=O) groups is 1. The lowest BCUT2D eigenvalue weighted by atomic mass is 9.98. The molecule has 4 rings (SSSR count). The van der Waals surface area contributed by atoms with Crippen LogP contribution >= 0.6 is 0 Å². The average molecular weight is 388 g/mol. The van der Waals surface area contributed by atoms with E-state index in [0.29, 0.717) is 32.1 Å². The Hall–Kier alpha value is -2.77. The Morgan fingerprint density at radius 3 is 2.61 bits per heavy atom. The molecule has 1 aromatic carbocycles. The van der Waals surface area contributed by atoms with Crippen molar-refractivity contribution in [1.29, 1.82) is 0 Å². The number of fused-ring (bicyclic) bond motifs is 1. The summed E-state index contributed by atoms with van der Waals surface area (Å²) in [6, 6.07) is 6.11. The smallest absolute Gasteiger partial charge is 0.387 e. The summed E-state index contributed by atoms with van der Waals surface area (Å²) < 4.78 is 29.7. The number of amides is 1. The fourth-order valence-corrected chi connectivity index (χ4v) is 3.74. The Labute approximate surface area is 162 Å². The van der Waals surface area contributed by atoms with E-state index in [1.165, 1.54) is 24.1 Å². The normalized spacial score (nSPS) is 16.8. The number of anilines is 1. The molecule has 6 nitrogen and oxygen atoms in total. The molecule has 1 fully saturated rings. The van der Waals surface area contributed by atoms with Gasteiger partial charge in [0.2, 0.25) is 5.95 Å². The highest BCUT2D eigenvalue weighted by Crippen LogP contribution is 2.24. The van der Waals surface area contributed by atoms with Gasteiger partial charge in [0, 0.05) is 38.1 Å². The molecule has 0 N–H and O–H groups in total. The third kappa shape index (κ3) is 3.90. The van der Waals surface area contributed by atoms with Crippen LogP contribution in [-0.4, -0.2) is 53.6 Å². The number of rotatable bonds is 4. The highest BCUT2D eigenvalue weighted by Gasteiger charge is 2.26. The van der Waals surface area contributed by atoms with Gasteiger partial charge in [0.15, 0.2) is 0 Å². The van der Waals surface area contributed by atoms with Crippen LogP contribution in [-0.2, 0) is 12.8 Å². The molecule has 0 saturated carbocycles. The number of aryl methyl sites for hydroxylation is 2. The van der Waals surface area contributed by atoms with E-state index >= 15 is 0 Å². The molecule has 2 aromatic rings. The molecule has 0 bridgehead atoms. The van der Waals surface area contributed by atoms with Crippen LogP contribution < -0.4 is 9.64 Å². The molecule has 2 heterocycles. The van der Waals surface area contributed by atoms with Crippen molar-refractivity contribution in [3.05, 3.63) is 47.3 Å². The molecule has 0 atom stereocenters. The number of aromatic nitrogens is 2. The number of nitrogens with zero attached hydrogens (tertiary/aromatic N) is 4. The van der Waals surface area contributed by atoms with E-state index in [-0.39, 0.29) is 17.2 Å². The van der Waals surface area contributed by atoms with Gasteiger partial charge >= 0.3 is 6.61 Å². The van der Waals surface area contributed by atoms with Gasteiger partial charge in [-0.1, -0.05) is 12.1 Å². The van der Waals surface area contributed by atoms with E-state index in [1.54, 1.807) is 17.0 Å². The summed E-state index contributed by atoms with van der Waals surface area (Å²) >= 11 is 0. The van der Waals surface area contributed by atoms with E-state index in [4.69, 9.17) is 4.98 Å². The minimum atomic E-state index is -2.97. The molecule has 1 aromatic heterocycles. The Bertz CT molecular complexity index is 854. The predicted octanol–water partition coefficient (Wildman–Crippen LogP) is 2.92. The summed E-state index contributed by atoms with van der Waals surface area (Å²) in [6.07, 6.45) is 6.30. The maximum atomic E-state index is 12.8. The van der Waals surface area contributed by atoms with Gasteiger partial charge in [-0.25, -0.2) is 9.97 Å². The molecule has 0 spiro atoms. The number of halogens is 2. The van der Waals surface area contributed by atoms with Crippen molar-refractivity contribution in [2.45, 2.75) is 32.3 Å². The van der Waals surface area contributed by atoms with Gasteiger partial charge in [-0.2, -0.15) is 8.78 Å². The molecule has 8 heteroatoms. The number of alkyl halides is 2. The van der Waals surface area contributed by atoms with Crippen molar-refractivity contribution in [1.82, 2.24) is 14.9 Å². The summed E-state index contributed by atoms with van der Waals surface area (Å²) in [6.45, 7) is -0.818. The van der Waals surface area contributed by atoms with Crippen molar-refractivity contribution in [2.75, 3.05) is 31.1 Å². The highest BCUT2D eigenvalue weighted by molar-refractivity contribution is 5.97. The second kappa shape index (κ2) is 8.08. The molecule has 28 heavy (non-hydrogen) atoms. The lowest BCUT2D eigenvalue weighted by molar-refractivity contribution is -0.0502. The summed E-state index contributed by atoms with van der Waals surface area (Å²) in [5.41, 5.74) is 2.52. The van der Waals surface area contributed by atoms with Gasteiger partial charge < -0.3 is 14.5 Å². The van der Waals surface area contributed by atoms with Crippen LogP contribution in [0.3, 0.4) is 0 Å². The first-order valence-corrected chi connectivity index (χ1v) is 9.54. The monoisotopic (exact) mass is 388 g/mol. The summed E-state index contributed by atoms with van der Waals surface area (Å²) in [4.78, 5) is 25.7. The second-order valence-electron chi connectivity index (χ2n) is 7.00. The highest BCUT2D eigenvalue weighted by atomic mass is 19.3. The molecule has 1 aliphatic heterocycles. The van der Waals surface area contributed by atoms with Crippen LogP contribution in [0.5, 0.6) is 5.75 Å². The number of hydrogen-bond acceptors (Lipinski definition) is 5. The van der Waals surface area contributed by atoms with Gasteiger partial charge in [0.25, 0.3) is 5.91 Å². The van der Waals surface area contributed by atoms with Crippen molar-refractivity contribution in [3.8, 4) is 5.75 Å². The maximum Gasteiger partial charge on any atom is 0.387 e. The van der Waals surface area contributed by atoms with E-state index in [1.807, 2.05) is 6.20 Å². The standard InChI is InChI=1S/C20H22F2N4O2/c21-19(22)28-17-8-4-2-6-15(17)18(27)25-9-11-26(12-10-25)20-23-13-14-5-1-3-7-16(14)24-20/h2,4,6,8,13,19H,1,3,5,7,9-12H2. The van der Waals surface area contributed by atoms with E-state index < -0.39 is 6.61 Å². The quantitative estimate of drug-likeness (QED) is 0.806. The van der Waals surface area contributed by atoms with Crippen LogP contribution in [0.25, 0.3) is 0 Å². The Balaban J connectivity index is 1.42. The van der Waals surface area contributed by atoms with Crippen molar-refractivity contribution >= 4 is 11.9 Å². The van der Waals surface area contributed by atoms with Gasteiger partial charge in [-0.05, 0) is 43.4 Å². The van der Waals surface area contributed by atoms with Crippen LogP contribution in [0.1, 0.15) is 34.5 Å². The molecule has 1 saturated heterocycles. The van der Waals surface area contributed by atoms with Crippen LogP contribution in [0.4, 0.5) is 14.7 Å². The van der Waals surface area contributed by atoms with Gasteiger partial charge in [0.05, 0.1) is 5.56 Å². The summed E-state index contributed by atoms with van der Waals surface area (Å²) in [5, 5.41) is 0. The van der Waals surface area contributed by atoms with Crippen LogP contribution in [0.2, 0.25) is 0 Å². The first kappa shape index (κ1) is 18.6. The Morgan fingerprint density at radius 2 is 1.82 bits per heavy atom. The van der Waals surface area contributed by atoms with E-state index in [2.05, 4.69) is 14.6 Å². The molecule has 1 amide bonds. The van der Waals surface area contributed by atoms with Crippen molar-refractivity contribution in [2.24, 2.45) is 0 Å². The van der Waals surface area contributed by atoms with Crippen LogP contribution in [0.15, 0.2) is 30.5 Å². The molecule has 148 valence electrons. The van der Waals surface area contributed by atoms with Crippen molar-refractivity contribution in [3.63, 3.8) is 0 Å². The number of para-hydroxylation sites is 1. The minimum absolute atomic E-state index is 0.0945. The van der Waals surface area contributed by atoms with Gasteiger partial charge in [-0.15, -0.1) is 0 Å². The van der Waals surface area contributed by atoms with Gasteiger partial charge in [-0.3, -0.25) is 4.79 Å². The maximum absolute atomic E-state index is 12.8. The lowest BCUT2D eigenvalue weighted by Gasteiger charge is -2.35. The molecule has 0 unspecified atom stereocenters. The zero-order valence-electron chi connectivity index (χ0n) is 15.5. The minimum Gasteiger partial charge on any atom is -0.434 e. The summed E-state index contributed by atoms with van der Waals surface area (Å²) in [5.74, 6) is 0.305. The van der Waals surface area contributed by atoms with Gasteiger partial charge in [0.1, 0.15) is 5.75 Å². The lowest BCUT2D eigenvalue weighted by Crippen LogP contribution is -2.49. The Kier molecular flexibility index (Phi) is 5.36. The fraction of sp³-hybridized carbons (Fsp3) is 0.450. The largest absolute Gasteiger partial charge is 0.434 e. The number of hydrogen-bond donors (Lipinski definition) is 0. The third-order valence-electron chi connectivity index (χ3n) is 5.23. The first-order chi connectivity index (χ1) is 13.6. The molecule has 2 aliphatic rings. The third-order valence-corrected chi connectivity index (χ3v) is 5.23. The SMILES string of the molecule is O=C(c1ccccc1OC(F)F)N1CCN(c2ncc3c(n2)CCCC3)CC1. The number of benzene rings is 1. The zero-order chi connectivity index (χ0) is 19.5. The Morgan fingerprint density at radius 1 is 1.07 bits per heavy atom. The van der Waals surface area contributed by atoms with E-state index in [0.717, 1.165) is 25.0 Å². The number of ether oxygens (including phenoxy) is 1. The first-order valence-electron chi connectivity index (χ1n) is 9.54. The predicted molar refractivity (Wildman–Crippen MR) is 99.9 cm³/mol. The molecular weight excluding hydrogens is 366 g/mol. The molecular formula is C20H22F2N4O2. The van der Waals surface area contributed by atoms with E-state index in [9.17, 15) is 13.6 Å². The summed E-state index contributed by atoms with van der Waals surface area (Å²) in [7, 11) is 0. The number of piperazine rings is 1. The topological polar surface area (TPSA) is 58.6 Å². The molecule has 1 aliphatic carbocycles. The average Bonchev–Trinajstić information content (AvgIpc) is 2.73. The van der Waals surface area contributed by atoms with Crippen molar-refractivity contribution < 1.29 is 18.3 Å². The second-order valence-corrected chi connectivity index (χ2v) is 7.00.